The number of amides is 1. The zero-order chi connectivity index (χ0) is 18.3. The summed E-state index contributed by atoms with van der Waals surface area (Å²) >= 11 is 0. The van der Waals surface area contributed by atoms with Crippen LogP contribution in [0.4, 0.5) is 13.2 Å². The maximum absolute atomic E-state index is 12.6. The molecule has 0 bridgehead atoms. The van der Waals surface area contributed by atoms with Gasteiger partial charge in [0.15, 0.2) is 6.61 Å². The van der Waals surface area contributed by atoms with Crippen LogP contribution in [-0.2, 0) is 11.0 Å². The first-order valence-corrected chi connectivity index (χ1v) is 7.14. The highest BCUT2D eigenvalue weighted by molar-refractivity contribution is 5.83. The van der Waals surface area contributed by atoms with Crippen LogP contribution in [0.3, 0.4) is 0 Å². The molecule has 0 atom stereocenters. The molecule has 0 unspecified atom stereocenters. The van der Waals surface area contributed by atoms with Gasteiger partial charge < -0.3 is 9.47 Å². The normalized spacial score (nSPS) is 11.4. The van der Waals surface area contributed by atoms with Gasteiger partial charge in [0.05, 0.1) is 18.9 Å². The van der Waals surface area contributed by atoms with Crippen molar-refractivity contribution in [2.45, 2.75) is 6.18 Å². The minimum atomic E-state index is -4.47. The van der Waals surface area contributed by atoms with E-state index in [4.69, 9.17) is 9.47 Å². The third kappa shape index (κ3) is 5.83. The van der Waals surface area contributed by atoms with Crippen LogP contribution in [0.25, 0.3) is 0 Å². The highest BCUT2D eigenvalue weighted by Crippen LogP contribution is 2.31. The molecule has 132 valence electrons. The predicted octanol–water partition coefficient (Wildman–Crippen LogP) is 3.24. The fourth-order valence-corrected chi connectivity index (χ4v) is 1.84. The van der Waals surface area contributed by atoms with Gasteiger partial charge in [-0.25, -0.2) is 5.43 Å². The molecule has 1 amide bonds. The van der Waals surface area contributed by atoms with Gasteiger partial charge in [-0.15, -0.1) is 0 Å². The van der Waals surface area contributed by atoms with E-state index in [2.05, 4.69) is 10.5 Å². The Balaban J connectivity index is 1.85. The standard InChI is InChI=1S/C17H15F3N2O3/c1-24-14-6-2-4-12(8-14)10-21-22-16(23)11-25-15-7-3-5-13(9-15)17(18,19)20/h2-10H,11H2,1H3,(H,22,23)/b21-10+. The van der Waals surface area contributed by atoms with Gasteiger partial charge in [-0.05, 0) is 35.9 Å². The Bertz CT molecular complexity index is 761. The number of carbonyl (C=O) groups excluding carboxylic acids is 1. The van der Waals surface area contributed by atoms with E-state index >= 15 is 0 Å². The molecule has 0 saturated heterocycles. The lowest BCUT2D eigenvalue weighted by atomic mass is 10.2. The lowest BCUT2D eigenvalue weighted by Crippen LogP contribution is -2.24. The second-order valence-corrected chi connectivity index (χ2v) is 4.88. The Hall–Kier alpha value is -3.03. The Kier molecular flexibility index (Phi) is 5.99. The van der Waals surface area contributed by atoms with Crippen molar-refractivity contribution in [2.75, 3.05) is 13.7 Å². The van der Waals surface area contributed by atoms with Gasteiger partial charge in [0.2, 0.25) is 0 Å². The summed E-state index contributed by atoms with van der Waals surface area (Å²) in [5, 5.41) is 3.75. The van der Waals surface area contributed by atoms with Crippen molar-refractivity contribution in [3.05, 3.63) is 59.7 Å². The van der Waals surface area contributed by atoms with Crippen LogP contribution in [0.1, 0.15) is 11.1 Å². The lowest BCUT2D eigenvalue weighted by Gasteiger charge is -2.09. The van der Waals surface area contributed by atoms with Crippen LogP contribution in [-0.4, -0.2) is 25.8 Å². The first-order chi connectivity index (χ1) is 11.9. The fourth-order valence-electron chi connectivity index (χ4n) is 1.84. The quantitative estimate of drug-likeness (QED) is 0.641. The molecule has 0 aromatic heterocycles. The number of alkyl halides is 3. The monoisotopic (exact) mass is 352 g/mol. The molecule has 0 fully saturated rings. The van der Waals surface area contributed by atoms with Gasteiger partial charge >= 0.3 is 6.18 Å². The minimum absolute atomic E-state index is 0.0539. The van der Waals surface area contributed by atoms with Crippen molar-refractivity contribution in [2.24, 2.45) is 5.10 Å². The molecule has 25 heavy (non-hydrogen) atoms. The van der Waals surface area contributed by atoms with E-state index in [9.17, 15) is 18.0 Å². The molecular formula is C17H15F3N2O3. The molecule has 2 aromatic carbocycles. The molecule has 0 heterocycles. The predicted molar refractivity (Wildman–Crippen MR) is 85.7 cm³/mol. The van der Waals surface area contributed by atoms with Crippen LogP contribution < -0.4 is 14.9 Å². The van der Waals surface area contributed by atoms with Crippen LogP contribution in [0, 0.1) is 0 Å². The van der Waals surface area contributed by atoms with Crippen LogP contribution >= 0.6 is 0 Å². The van der Waals surface area contributed by atoms with Crippen LogP contribution in [0.5, 0.6) is 11.5 Å². The summed E-state index contributed by atoms with van der Waals surface area (Å²) in [6, 6.07) is 11.3. The summed E-state index contributed by atoms with van der Waals surface area (Å²) in [6.45, 7) is -0.462. The Labute approximate surface area is 142 Å². The first kappa shape index (κ1) is 18.3. The summed E-state index contributed by atoms with van der Waals surface area (Å²) in [4.78, 5) is 11.6. The average Bonchev–Trinajstić information content (AvgIpc) is 2.60. The number of ether oxygens (including phenoxy) is 2. The molecule has 0 saturated carbocycles. The lowest BCUT2D eigenvalue weighted by molar-refractivity contribution is -0.137. The third-order valence-corrected chi connectivity index (χ3v) is 3.03. The van der Waals surface area contributed by atoms with E-state index in [0.717, 1.165) is 12.1 Å². The highest BCUT2D eigenvalue weighted by Gasteiger charge is 2.30. The zero-order valence-corrected chi connectivity index (χ0v) is 13.2. The molecule has 0 aliphatic heterocycles. The number of hydrazone groups is 1. The van der Waals surface area contributed by atoms with E-state index in [-0.39, 0.29) is 5.75 Å². The maximum atomic E-state index is 12.6. The van der Waals surface area contributed by atoms with Gasteiger partial charge in [0.1, 0.15) is 11.5 Å². The number of rotatable bonds is 6. The topological polar surface area (TPSA) is 59.9 Å². The van der Waals surface area contributed by atoms with Gasteiger partial charge in [-0.2, -0.15) is 18.3 Å². The highest BCUT2D eigenvalue weighted by atomic mass is 19.4. The van der Waals surface area contributed by atoms with Crippen molar-refractivity contribution in [1.29, 1.82) is 0 Å². The number of hydrogen-bond acceptors (Lipinski definition) is 4. The van der Waals surface area contributed by atoms with Gasteiger partial charge in [0.25, 0.3) is 5.91 Å². The molecule has 2 aromatic rings. The third-order valence-electron chi connectivity index (χ3n) is 3.03. The Morgan fingerprint density at radius 1 is 1.16 bits per heavy atom. The first-order valence-electron chi connectivity index (χ1n) is 7.14. The summed E-state index contributed by atoms with van der Waals surface area (Å²) in [6.07, 6.45) is -3.06. The summed E-state index contributed by atoms with van der Waals surface area (Å²) in [5.41, 5.74) is 2.09. The summed E-state index contributed by atoms with van der Waals surface area (Å²) in [7, 11) is 1.53. The molecule has 0 radical (unpaired) electrons. The zero-order valence-electron chi connectivity index (χ0n) is 13.2. The van der Waals surface area contributed by atoms with Gasteiger partial charge in [-0.3, -0.25) is 4.79 Å². The Morgan fingerprint density at radius 2 is 1.88 bits per heavy atom. The van der Waals surface area contributed by atoms with E-state index in [1.165, 1.54) is 25.5 Å². The number of nitrogens with one attached hydrogen (secondary N) is 1. The van der Waals surface area contributed by atoms with E-state index in [1.54, 1.807) is 24.3 Å². The smallest absolute Gasteiger partial charge is 0.416 e. The molecular weight excluding hydrogens is 337 g/mol. The van der Waals surface area contributed by atoms with Crippen molar-refractivity contribution in [3.63, 3.8) is 0 Å². The molecule has 0 spiro atoms. The molecule has 0 aliphatic rings. The van der Waals surface area contributed by atoms with E-state index < -0.39 is 24.3 Å². The number of nitrogens with zero attached hydrogens (tertiary/aromatic N) is 1. The second kappa shape index (κ2) is 8.18. The maximum Gasteiger partial charge on any atom is 0.416 e. The molecule has 5 nitrogen and oxygen atoms in total. The van der Waals surface area contributed by atoms with E-state index in [1.807, 2.05) is 0 Å². The van der Waals surface area contributed by atoms with E-state index in [0.29, 0.717) is 11.3 Å². The SMILES string of the molecule is COc1cccc(/C=N/NC(=O)COc2cccc(C(F)(F)F)c2)c1. The summed E-state index contributed by atoms with van der Waals surface area (Å²) < 4.78 is 47.8. The average molecular weight is 352 g/mol. The number of halogens is 3. The Morgan fingerprint density at radius 3 is 2.60 bits per heavy atom. The van der Waals surface area contributed by atoms with Crippen molar-refractivity contribution >= 4 is 12.1 Å². The largest absolute Gasteiger partial charge is 0.497 e. The molecule has 2 rings (SSSR count). The molecule has 8 heteroatoms. The van der Waals surface area contributed by atoms with Gasteiger partial charge in [0, 0.05) is 0 Å². The number of hydrogen-bond donors (Lipinski definition) is 1. The van der Waals surface area contributed by atoms with Crippen molar-refractivity contribution in [3.8, 4) is 11.5 Å². The van der Waals surface area contributed by atoms with Crippen molar-refractivity contribution < 1.29 is 27.4 Å². The number of carbonyl (C=O) groups is 1. The molecule has 1 N–H and O–H groups in total. The fraction of sp³-hybridized carbons (Fsp3) is 0.176. The summed E-state index contributed by atoms with van der Waals surface area (Å²) in [5.74, 6) is -0.0125. The van der Waals surface area contributed by atoms with Gasteiger partial charge in [-0.1, -0.05) is 18.2 Å². The van der Waals surface area contributed by atoms with Crippen molar-refractivity contribution in [1.82, 2.24) is 5.43 Å². The second-order valence-electron chi connectivity index (χ2n) is 4.88. The minimum Gasteiger partial charge on any atom is -0.497 e. The van der Waals surface area contributed by atoms with Crippen LogP contribution in [0.15, 0.2) is 53.6 Å². The number of benzene rings is 2. The molecule has 0 aliphatic carbocycles. The van der Waals surface area contributed by atoms with Crippen LogP contribution in [0.2, 0.25) is 0 Å². The number of methoxy groups -OCH3 is 1.